The number of thiophene rings is 1. The summed E-state index contributed by atoms with van der Waals surface area (Å²) in [6.07, 6.45) is 1.95. The van der Waals surface area contributed by atoms with Crippen LogP contribution in [0.2, 0.25) is 4.34 Å². The van der Waals surface area contributed by atoms with Crippen LogP contribution in [-0.2, 0) is 0 Å². The van der Waals surface area contributed by atoms with Gasteiger partial charge in [-0.1, -0.05) is 11.6 Å². The number of thiazole rings is 1. The molecule has 1 atom stereocenters. The molecule has 1 fully saturated rings. The van der Waals surface area contributed by atoms with Crippen molar-refractivity contribution in [2.75, 3.05) is 13.1 Å². The number of nitrogens with zero attached hydrogens (tertiary/aromatic N) is 2. The summed E-state index contributed by atoms with van der Waals surface area (Å²) in [6.45, 7) is 3.58. The van der Waals surface area contributed by atoms with E-state index >= 15 is 0 Å². The molecule has 0 radical (unpaired) electrons. The molecule has 0 saturated carbocycles. The Morgan fingerprint density at radius 2 is 2.04 bits per heavy atom. The summed E-state index contributed by atoms with van der Waals surface area (Å²) in [4.78, 5) is 19.9. The molecule has 3 heterocycles. The average Bonchev–Trinajstić information content (AvgIpc) is 3.15. The minimum absolute atomic E-state index is 0. The molecule has 1 aliphatic rings. The third-order valence-corrected chi connectivity index (χ3v) is 6.32. The zero-order chi connectivity index (χ0) is 15.7. The van der Waals surface area contributed by atoms with E-state index in [1.54, 1.807) is 0 Å². The summed E-state index contributed by atoms with van der Waals surface area (Å²) in [5.41, 5.74) is 6.48. The SMILES string of the molecule is CC(N)C1CCN(C(=O)c2csc(-c3ccc(Cl)s3)n2)CC1.Cl.Cl. The second kappa shape index (κ2) is 9.36. The Morgan fingerprint density at radius 1 is 1.38 bits per heavy atom. The smallest absolute Gasteiger partial charge is 0.273 e. The van der Waals surface area contributed by atoms with Gasteiger partial charge in [0.15, 0.2) is 0 Å². The van der Waals surface area contributed by atoms with Crippen molar-refractivity contribution in [3.8, 4) is 9.88 Å². The van der Waals surface area contributed by atoms with Crippen LogP contribution in [0.1, 0.15) is 30.3 Å². The number of rotatable bonds is 3. The van der Waals surface area contributed by atoms with Crippen LogP contribution in [-0.4, -0.2) is 34.9 Å². The minimum Gasteiger partial charge on any atom is -0.337 e. The van der Waals surface area contributed by atoms with Gasteiger partial charge in [0.25, 0.3) is 5.91 Å². The number of halogens is 3. The van der Waals surface area contributed by atoms with Crippen LogP contribution in [0.3, 0.4) is 0 Å². The van der Waals surface area contributed by atoms with E-state index in [9.17, 15) is 4.79 Å². The maximum atomic E-state index is 12.5. The lowest BCUT2D eigenvalue weighted by molar-refractivity contribution is 0.0676. The second-order valence-corrected chi connectivity index (χ2v) is 8.20. The molecular formula is C15H20Cl3N3OS2. The van der Waals surface area contributed by atoms with Crippen molar-refractivity contribution in [3.05, 3.63) is 27.5 Å². The quantitative estimate of drug-likeness (QED) is 0.779. The monoisotopic (exact) mass is 427 g/mol. The lowest BCUT2D eigenvalue weighted by Crippen LogP contribution is -2.42. The standard InChI is InChI=1S/C15H18ClN3OS2.2ClH/c1-9(17)10-4-6-19(7-5-10)15(20)11-8-21-14(18-11)12-2-3-13(16)22-12;;/h2-3,8-10H,4-7,17H2,1H3;2*1H. The summed E-state index contributed by atoms with van der Waals surface area (Å²) in [5.74, 6) is 0.539. The maximum absolute atomic E-state index is 12.5. The number of nitrogens with two attached hydrogens (primary N) is 1. The molecule has 1 saturated heterocycles. The Hall–Kier alpha value is -0.370. The molecule has 4 nitrogen and oxygen atoms in total. The van der Waals surface area contributed by atoms with E-state index < -0.39 is 0 Å². The Morgan fingerprint density at radius 3 is 2.58 bits per heavy atom. The summed E-state index contributed by atoms with van der Waals surface area (Å²) in [5, 5.41) is 2.69. The molecule has 9 heteroatoms. The summed E-state index contributed by atoms with van der Waals surface area (Å²) >= 11 is 8.92. The lowest BCUT2D eigenvalue weighted by atomic mass is 9.91. The predicted octanol–water partition coefficient (Wildman–Crippen LogP) is 4.57. The first kappa shape index (κ1) is 21.7. The molecule has 0 aliphatic carbocycles. The fourth-order valence-electron chi connectivity index (χ4n) is 2.70. The first-order valence-corrected chi connectivity index (χ1v) is 9.38. The van der Waals surface area contributed by atoms with Gasteiger partial charge in [-0.2, -0.15) is 0 Å². The number of carbonyl (C=O) groups is 1. The predicted molar refractivity (Wildman–Crippen MR) is 107 cm³/mol. The van der Waals surface area contributed by atoms with E-state index in [0.29, 0.717) is 11.6 Å². The van der Waals surface area contributed by atoms with Crippen LogP contribution in [0.25, 0.3) is 9.88 Å². The van der Waals surface area contributed by atoms with Crippen molar-refractivity contribution in [3.63, 3.8) is 0 Å². The van der Waals surface area contributed by atoms with Crippen LogP contribution in [0.15, 0.2) is 17.5 Å². The van der Waals surface area contributed by atoms with Gasteiger partial charge in [-0.15, -0.1) is 47.5 Å². The van der Waals surface area contributed by atoms with Crippen molar-refractivity contribution >= 4 is 65.0 Å². The van der Waals surface area contributed by atoms with Crippen LogP contribution in [0.5, 0.6) is 0 Å². The molecule has 134 valence electrons. The van der Waals surface area contributed by atoms with Gasteiger partial charge in [0, 0.05) is 24.5 Å². The van der Waals surface area contributed by atoms with E-state index in [4.69, 9.17) is 17.3 Å². The minimum atomic E-state index is 0. The van der Waals surface area contributed by atoms with E-state index in [0.717, 1.165) is 40.2 Å². The van der Waals surface area contributed by atoms with E-state index in [2.05, 4.69) is 4.98 Å². The highest BCUT2D eigenvalue weighted by atomic mass is 35.5. The highest BCUT2D eigenvalue weighted by Gasteiger charge is 2.26. The summed E-state index contributed by atoms with van der Waals surface area (Å²) in [6, 6.07) is 3.99. The fourth-order valence-corrected chi connectivity index (χ4v) is 4.61. The van der Waals surface area contributed by atoms with Gasteiger partial charge in [-0.25, -0.2) is 4.98 Å². The largest absolute Gasteiger partial charge is 0.337 e. The molecule has 2 aromatic rings. The number of amides is 1. The summed E-state index contributed by atoms with van der Waals surface area (Å²) < 4.78 is 0.732. The average molecular weight is 429 g/mol. The third-order valence-electron chi connectivity index (χ3n) is 4.08. The molecule has 3 rings (SSSR count). The van der Waals surface area contributed by atoms with E-state index in [1.807, 2.05) is 29.3 Å². The van der Waals surface area contributed by atoms with Crippen molar-refractivity contribution in [2.45, 2.75) is 25.8 Å². The fraction of sp³-hybridized carbons (Fsp3) is 0.467. The normalized spacial score (nSPS) is 16.2. The lowest BCUT2D eigenvalue weighted by Gasteiger charge is -2.33. The Kier molecular flexibility index (Phi) is 8.45. The molecular weight excluding hydrogens is 409 g/mol. The van der Waals surface area contributed by atoms with Gasteiger partial charge in [0.1, 0.15) is 10.7 Å². The molecule has 1 aliphatic heterocycles. The first-order valence-electron chi connectivity index (χ1n) is 7.30. The number of likely N-dealkylation sites (tertiary alicyclic amines) is 1. The Bertz CT molecular complexity index is 666. The van der Waals surface area contributed by atoms with Crippen molar-refractivity contribution in [1.82, 2.24) is 9.88 Å². The third kappa shape index (κ3) is 4.84. The molecule has 2 aromatic heterocycles. The molecule has 0 aromatic carbocycles. The van der Waals surface area contributed by atoms with Gasteiger partial charge in [-0.05, 0) is 37.8 Å². The van der Waals surface area contributed by atoms with Crippen LogP contribution < -0.4 is 5.73 Å². The molecule has 2 N–H and O–H groups in total. The maximum Gasteiger partial charge on any atom is 0.273 e. The van der Waals surface area contributed by atoms with Gasteiger partial charge in [0.2, 0.25) is 0 Å². The first-order chi connectivity index (χ1) is 10.5. The number of hydrogen-bond donors (Lipinski definition) is 1. The van der Waals surface area contributed by atoms with Gasteiger partial charge in [-0.3, -0.25) is 4.79 Å². The molecule has 24 heavy (non-hydrogen) atoms. The summed E-state index contributed by atoms with van der Waals surface area (Å²) in [7, 11) is 0. The number of aromatic nitrogens is 1. The van der Waals surface area contributed by atoms with Crippen molar-refractivity contribution < 1.29 is 4.79 Å². The molecule has 1 unspecified atom stereocenters. The van der Waals surface area contributed by atoms with Gasteiger partial charge in [0.05, 0.1) is 9.21 Å². The van der Waals surface area contributed by atoms with Gasteiger partial charge < -0.3 is 10.6 Å². The van der Waals surface area contributed by atoms with E-state index in [-0.39, 0.29) is 36.8 Å². The molecule has 0 bridgehead atoms. The van der Waals surface area contributed by atoms with E-state index in [1.165, 1.54) is 22.7 Å². The highest BCUT2D eigenvalue weighted by molar-refractivity contribution is 7.23. The Labute approximate surface area is 167 Å². The van der Waals surface area contributed by atoms with Crippen LogP contribution >= 0.6 is 59.1 Å². The highest BCUT2D eigenvalue weighted by Crippen LogP contribution is 2.33. The number of piperidine rings is 1. The second-order valence-electron chi connectivity index (χ2n) is 5.63. The van der Waals surface area contributed by atoms with Gasteiger partial charge >= 0.3 is 0 Å². The Balaban J connectivity index is 0.00000144. The zero-order valence-corrected chi connectivity index (χ0v) is 17.1. The van der Waals surface area contributed by atoms with Crippen LogP contribution in [0.4, 0.5) is 0 Å². The van der Waals surface area contributed by atoms with Crippen LogP contribution in [0, 0.1) is 5.92 Å². The number of carbonyl (C=O) groups excluding carboxylic acids is 1. The topological polar surface area (TPSA) is 59.2 Å². The molecule has 0 spiro atoms. The molecule has 1 amide bonds. The van der Waals surface area contributed by atoms with Crippen molar-refractivity contribution in [2.24, 2.45) is 11.7 Å². The number of hydrogen-bond acceptors (Lipinski definition) is 5. The van der Waals surface area contributed by atoms with Crippen molar-refractivity contribution in [1.29, 1.82) is 0 Å². The zero-order valence-electron chi connectivity index (χ0n) is 13.1.